The van der Waals surface area contributed by atoms with Crippen molar-refractivity contribution in [3.8, 4) is 11.1 Å². The number of alkyl carbamates (subject to hydrolysis) is 1. The Morgan fingerprint density at radius 1 is 1.19 bits per heavy atom. The van der Waals surface area contributed by atoms with Crippen molar-refractivity contribution < 1.29 is 14.3 Å². The first-order valence-corrected chi connectivity index (χ1v) is 12.7. The number of fused-ring (bicyclic) bond motifs is 1. The summed E-state index contributed by atoms with van der Waals surface area (Å²) in [6.07, 6.45) is 3.98. The predicted molar refractivity (Wildman–Crippen MR) is 140 cm³/mol. The van der Waals surface area contributed by atoms with E-state index in [1.165, 1.54) is 10.6 Å². The molecule has 0 saturated heterocycles. The molecule has 3 aromatic rings. The Balaban J connectivity index is 1.35. The quantitative estimate of drug-likeness (QED) is 0.538. The summed E-state index contributed by atoms with van der Waals surface area (Å²) in [5.74, 6) is 0.509. The fourth-order valence-electron chi connectivity index (χ4n) is 3.94. The number of carbonyl (C=O) groups excluding carboxylic acids is 2. The van der Waals surface area contributed by atoms with Crippen LogP contribution >= 0.6 is 11.3 Å². The van der Waals surface area contributed by atoms with Crippen LogP contribution < -0.4 is 10.2 Å². The predicted octanol–water partition coefficient (Wildman–Crippen LogP) is 3.95. The summed E-state index contributed by atoms with van der Waals surface area (Å²) in [6.45, 7) is 9.30. The van der Waals surface area contributed by atoms with E-state index in [0.29, 0.717) is 6.54 Å². The number of aromatic nitrogens is 3. The molecule has 0 spiro atoms. The standard InChI is InChI=1S/C26H32N6O3S/c1-17-30-21-9-10-32(16-22(21)36-17)24-27-12-20(13-28-24)19-8-6-7-18(11-19)15-31(5)23(33)14-29-25(34)35-26(2,3)4/h6-8,11-13H,9-10,14-16H2,1-5H3,(H,29,34). The van der Waals surface area contributed by atoms with Gasteiger partial charge in [0.2, 0.25) is 11.9 Å². The van der Waals surface area contributed by atoms with E-state index >= 15 is 0 Å². The number of ether oxygens (including phenoxy) is 1. The van der Waals surface area contributed by atoms with E-state index in [1.54, 1.807) is 44.1 Å². The van der Waals surface area contributed by atoms with E-state index in [-0.39, 0.29) is 12.5 Å². The van der Waals surface area contributed by atoms with Crippen molar-refractivity contribution in [3.63, 3.8) is 0 Å². The number of benzene rings is 1. The second-order valence-electron chi connectivity index (χ2n) is 9.85. The first-order chi connectivity index (χ1) is 17.1. The zero-order chi connectivity index (χ0) is 25.9. The normalized spacial score (nSPS) is 13.2. The van der Waals surface area contributed by atoms with Crippen LogP contribution in [-0.4, -0.2) is 57.6 Å². The molecule has 9 nitrogen and oxygen atoms in total. The van der Waals surface area contributed by atoms with Gasteiger partial charge in [0.1, 0.15) is 12.1 Å². The van der Waals surface area contributed by atoms with Crippen molar-refractivity contribution >= 4 is 29.3 Å². The smallest absolute Gasteiger partial charge is 0.408 e. The number of aryl methyl sites for hydroxylation is 1. The Bertz CT molecular complexity index is 1240. The SMILES string of the molecule is Cc1nc2c(s1)CN(c1ncc(-c3cccc(CN(C)C(=O)CNC(=O)OC(C)(C)C)c3)cn1)CC2. The van der Waals surface area contributed by atoms with Crippen molar-refractivity contribution in [1.29, 1.82) is 0 Å². The molecular weight excluding hydrogens is 476 g/mol. The average molecular weight is 509 g/mol. The topological polar surface area (TPSA) is 101 Å². The van der Waals surface area contributed by atoms with Gasteiger partial charge in [0, 0.05) is 49.4 Å². The molecule has 10 heteroatoms. The molecule has 3 heterocycles. The van der Waals surface area contributed by atoms with Gasteiger partial charge in [-0.25, -0.2) is 19.7 Å². The number of carbonyl (C=O) groups is 2. The van der Waals surface area contributed by atoms with Crippen molar-refractivity contribution in [2.75, 3.05) is 25.0 Å². The van der Waals surface area contributed by atoms with Gasteiger partial charge in [0.25, 0.3) is 0 Å². The molecule has 2 aromatic heterocycles. The number of hydrogen-bond acceptors (Lipinski definition) is 8. The number of amides is 2. The maximum Gasteiger partial charge on any atom is 0.408 e. The minimum absolute atomic E-state index is 0.125. The lowest BCUT2D eigenvalue weighted by Gasteiger charge is -2.26. The minimum atomic E-state index is -0.612. The summed E-state index contributed by atoms with van der Waals surface area (Å²) >= 11 is 1.74. The fraction of sp³-hybridized carbons (Fsp3) is 0.423. The van der Waals surface area contributed by atoms with Crippen molar-refractivity contribution in [2.45, 2.75) is 52.8 Å². The van der Waals surface area contributed by atoms with Gasteiger partial charge in [0.15, 0.2) is 0 Å². The van der Waals surface area contributed by atoms with Gasteiger partial charge >= 0.3 is 6.09 Å². The third-order valence-electron chi connectivity index (χ3n) is 5.65. The Morgan fingerprint density at radius 3 is 2.67 bits per heavy atom. The maximum atomic E-state index is 12.5. The summed E-state index contributed by atoms with van der Waals surface area (Å²) in [4.78, 5) is 43.2. The molecule has 0 radical (unpaired) electrons. The van der Waals surface area contributed by atoms with Gasteiger partial charge in [0.05, 0.1) is 17.2 Å². The van der Waals surface area contributed by atoms with Gasteiger partial charge < -0.3 is 19.9 Å². The third kappa shape index (κ3) is 6.57. The molecule has 1 aliphatic rings. The van der Waals surface area contributed by atoms with Crippen LogP contribution in [0.1, 0.15) is 41.9 Å². The molecule has 36 heavy (non-hydrogen) atoms. The zero-order valence-electron chi connectivity index (χ0n) is 21.4. The number of rotatable bonds is 6. The fourth-order valence-corrected chi connectivity index (χ4v) is 4.94. The highest BCUT2D eigenvalue weighted by Crippen LogP contribution is 2.27. The highest BCUT2D eigenvalue weighted by Gasteiger charge is 2.22. The van der Waals surface area contributed by atoms with Crippen LogP contribution in [0.2, 0.25) is 0 Å². The number of thiazole rings is 1. The summed E-state index contributed by atoms with van der Waals surface area (Å²) in [6, 6.07) is 7.94. The Hall–Kier alpha value is -3.53. The van der Waals surface area contributed by atoms with Gasteiger partial charge in [-0.05, 0) is 44.9 Å². The van der Waals surface area contributed by atoms with Gasteiger partial charge in [-0.2, -0.15) is 0 Å². The molecule has 4 rings (SSSR count). The summed E-state index contributed by atoms with van der Waals surface area (Å²) in [5, 5.41) is 3.61. The first-order valence-electron chi connectivity index (χ1n) is 11.9. The summed E-state index contributed by atoms with van der Waals surface area (Å²) in [5.41, 5.74) is 3.44. The summed E-state index contributed by atoms with van der Waals surface area (Å²) < 4.78 is 5.18. The summed E-state index contributed by atoms with van der Waals surface area (Å²) in [7, 11) is 1.71. The van der Waals surface area contributed by atoms with E-state index in [4.69, 9.17) is 4.74 Å². The Morgan fingerprint density at radius 2 is 1.94 bits per heavy atom. The lowest BCUT2D eigenvalue weighted by molar-refractivity contribution is -0.129. The van der Waals surface area contributed by atoms with Crippen LogP contribution in [0.15, 0.2) is 36.7 Å². The molecule has 0 aliphatic carbocycles. The number of likely N-dealkylation sites (N-methyl/N-ethyl adjacent to an activating group) is 1. The van der Waals surface area contributed by atoms with Crippen molar-refractivity contribution in [3.05, 3.63) is 57.8 Å². The van der Waals surface area contributed by atoms with Crippen LogP contribution in [0.3, 0.4) is 0 Å². The van der Waals surface area contributed by atoms with E-state index in [1.807, 2.05) is 43.6 Å². The molecule has 1 N–H and O–H groups in total. The largest absolute Gasteiger partial charge is 0.444 e. The maximum absolute atomic E-state index is 12.5. The lowest BCUT2D eigenvalue weighted by atomic mass is 10.1. The van der Waals surface area contributed by atoms with Crippen LogP contribution in [0, 0.1) is 6.92 Å². The van der Waals surface area contributed by atoms with Crippen LogP contribution in [-0.2, 0) is 29.0 Å². The first kappa shape index (κ1) is 25.6. The monoisotopic (exact) mass is 508 g/mol. The molecule has 0 unspecified atom stereocenters. The van der Waals surface area contributed by atoms with Crippen molar-refractivity contribution in [1.82, 2.24) is 25.2 Å². The van der Waals surface area contributed by atoms with E-state index in [0.717, 1.165) is 47.2 Å². The van der Waals surface area contributed by atoms with E-state index in [9.17, 15) is 9.59 Å². The van der Waals surface area contributed by atoms with Gasteiger partial charge in [-0.15, -0.1) is 11.3 Å². The molecule has 0 atom stereocenters. The zero-order valence-corrected chi connectivity index (χ0v) is 22.2. The molecule has 2 amide bonds. The number of anilines is 1. The lowest BCUT2D eigenvalue weighted by Crippen LogP contribution is -2.40. The highest BCUT2D eigenvalue weighted by molar-refractivity contribution is 7.11. The second-order valence-corrected chi connectivity index (χ2v) is 11.1. The number of nitrogens with one attached hydrogen (secondary N) is 1. The van der Waals surface area contributed by atoms with Crippen LogP contribution in [0.25, 0.3) is 11.1 Å². The van der Waals surface area contributed by atoms with Gasteiger partial charge in [-0.1, -0.05) is 18.2 Å². The Kier molecular flexibility index (Phi) is 7.53. The third-order valence-corrected chi connectivity index (χ3v) is 6.65. The van der Waals surface area contributed by atoms with E-state index in [2.05, 4.69) is 25.2 Å². The molecule has 0 saturated carbocycles. The molecule has 0 fully saturated rings. The molecule has 1 aliphatic heterocycles. The average Bonchev–Trinajstić information content (AvgIpc) is 3.21. The highest BCUT2D eigenvalue weighted by atomic mass is 32.1. The Labute approximate surface area is 215 Å². The second kappa shape index (κ2) is 10.6. The van der Waals surface area contributed by atoms with Crippen molar-refractivity contribution in [2.24, 2.45) is 0 Å². The molecule has 1 aromatic carbocycles. The molecular formula is C26H32N6O3S. The van der Waals surface area contributed by atoms with Crippen LogP contribution in [0.5, 0.6) is 0 Å². The molecule has 190 valence electrons. The molecule has 0 bridgehead atoms. The number of hydrogen-bond donors (Lipinski definition) is 1. The van der Waals surface area contributed by atoms with E-state index < -0.39 is 11.7 Å². The minimum Gasteiger partial charge on any atom is -0.444 e. The number of nitrogens with zero attached hydrogens (tertiary/aromatic N) is 5. The van der Waals surface area contributed by atoms with Crippen LogP contribution in [0.4, 0.5) is 10.7 Å². The van der Waals surface area contributed by atoms with Gasteiger partial charge in [-0.3, -0.25) is 4.79 Å².